The van der Waals surface area contributed by atoms with Crippen LogP contribution in [0.3, 0.4) is 0 Å². The lowest BCUT2D eigenvalue weighted by molar-refractivity contribution is 0.140. The maximum Gasteiger partial charge on any atom is 0.191 e. The molecule has 160 valence electrons. The van der Waals surface area contributed by atoms with Crippen LogP contribution >= 0.6 is 35.3 Å². The Morgan fingerprint density at radius 2 is 2.04 bits per heavy atom. The minimum Gasteiger partial charge on any atom is -0.356 e. The van der Waals surface area contributed by atoms with Crippen LogP contribution in [0.25, 0.3) is 0 Å². The number of halogens is 1. The Kier molecular flexibility index (Phi) is 10.5. The molecule has 3 rings (SSSR count). The third kappa shape index (κ3) is 7.15. The van der Waals surface area contributed by atoms with Crippen molar-refractivity contribution in [3.8, 4) is 0 Å². The molecule has 0 aliphatic carbocycles. The maximum atomic E-state index is 4.47. The molecule has 0 aromatic carbocycles. The van der Waals surface area contributed by atoms with E-state index >= 15 is 0 Å². The van der Waals surface area contributed by atoms with E-state index in [9.17, 15) is 0 Å². The minimum absolute atomic E-state index is 0. The van der Waals surface area contributed by atoms with Gasteiger partial charge in [0.15, 0.2) is 5.96 Å². The molecule has 1 aromatic rings. The summed E-state index contributed by atoms with van der Waals surface area (Å²) in [5.41, 5.74) is 0. The fraction of sp³-hybridized carbons (Fsp3) is 0.762. The van der Waals surface area contributed by atoms with E-state index < -0.39 is 0 Å². The summed E-state index contributed by atoms with van der Waals surface area (Å²) in [6.45, 7) is 9.13. The Balaban J connectivity index is 0.00000280. The number of piperidine rings is 2. The van der Waals surface area contributed by atoms with Crippen molar-refractivity contribution < 1.29 is 0 Å². The van der Waals surface area contributed by atoms with Gasteiger partial charge in [0.25, 0.3) is 0 Å². The van der Waals surface area contributed by atoms with E-state index in [2.05, 4.69) is 56.9 Å². The zero-order valence-corrected chi connectivity index (χ0v) is 20.8. The standard InChI is InChI=1S/C21H37N5S.HI/c1-17-8-11-26(12-9-17)19(20-7-5-13-27-20)15-24-21(22-2)23-14-18-6-4-10-25(3)16-18;/h5,7,13,17-19H,4,6,8-12,14-16H2,1-3H3,(H2,22,23,24);1H. The predicted molar refractivity (Wildman–Crippen MR) is 132 cm³/mol. The van der Waals surface area contributed by atoms with E-state index in [1.165, 1.54) is 56.7 Å². The van der Waals surface area contributed by atoms with E-state index in [0.717, 1.165) is 30.9 Å². The first-order valence-electron chi connectivity index (χ1n) is 10.6. The lowest BCUT2D eigenvalue weighted by Gasteiger charge is -2.36. The quantitative estimate of drug-likeness (QED) is 0.342. The fourth-order valence-electron chi connectivity index (χ4n) is 4.33. The van der Waals surface area contributed by atoms with E-state index in [-0.39, 0.29) is 24.0 Å². The highest BCUT2D eigenvalue weighted by atomic mass is 127. The lowest BCUT2D eigenvalue weighted by atomic mass is 9.97. The van der Waals surface area contributed by atoms with Crippen molar-refractivity contribution in [2.75, 3.05) is 53.4 Å². The van der Waals surface area contributed by atoms with E-state index in [1.54, 1.807) is 0 Å². The van der Waals surface area contributed by atoms with Gasteiger partial charge in [-0.25, -0.2) is 0 Å². The molecular weight excluding hydrogens is 481 g/mol. The molecule has 5 nitrogen and oxygen atoms in total. The average Bonchev–Trinajstić information content (AvgIpc) is 3.20. The molecule has 3 heterocycles. The van der Waals surface area contributed by atoms with Gasteiger partial charge in [0.1, 0.15) is 0 Å². The van der Waals surface area contributed by atoms with Gasteiger partial charge in [-0.3, -0.25) is 9.89 Å². The van der Waals surface area contributed by atoms with Gasteiger partial charge in [0.05, 0.1) is 6.04 Å². The second-order valence-corrected chi connectivity index (χ2v) is 9.33. The number of nitrogens with zero attached hydrogens (tertiary/aromatic N) is 3. The fourth-order valence-corrected chi connectivity index (χ4v) is 5.19. The van der Waals surface area contributed by atoms with E-state index in [1.807, 2.05) is 18.4 Å². The van der Waals surface area contributed by atoms with Gasteiger partial charge in [0, 0.05) is 31.6 Å². The number of guanidine groups is 1. The summed E-state index contributed by atoms with van der Waals surface area (Å²) in [5.74, 6) is 2.52. The number of rotatable bonds is 6. The molecule has 2 unspecified atom stereocenters. The smallest absolute Gasteiger partial charge is 0.191 e. The van der Waals surface area contributed by atoms with Crippen LogP contribution in [-0.2, 0) is 0 Å². The molecule has 2 saturated heterocycles. The summed E-state index contributed by atoms with van der Waals surface area (Å²) < 4.78 is 0. The van der Waals surface area contributed by atoms with Crippen LogP contribution in [0, 0.1) is 11.8 Å². The molecule has 2 fully saturated rings. The Labute approximate surface area is 192 Å². The second-order valence-electron chi connectivity index (χ2n) is 8.35. The van der Waals surface area contributed by atoms with Crippen LogP contribution in [0.2, 0.25) is 0 Å². The third-order valence-electron chi connectivity index (χ3n) is 6.10. The topological polar surface area (TPSA) is 42.9 Å². The molecule has 0 bridgehead atoms. The van der Waals surface area contributed by atoms with Crippen LogP contribution in [0.4, 0.5) is 0 Å². The molecule has 2 aliphatic rings. The average molecular weight is 520 g/mol. The molecule has 0 radical (unpaired) electrons. The summed E-state index contributed by atoms with van der Waals surface area (Å²) >= 11 is 1.87. The summed E-state index contributed by atoms with van der Waals surface area (Å²) in [6.07, 6.45) is 5.24. The van der Waals surface area contributed by atoms with Crippen molar-refractivity contribution in [3.05, 3.63) is 22.4 Å². The predicted octanol–water partition coefficient (Wildman–Crippen LogP) is 3.65. The molecule has 0 amide bonds. The summed E-state index contributed by atoms with van der Waals surface area (Å²) in [5, 5.41) is 9.37. The SMILES string of the molecule is CN=C(NCC1CCCN(C)C1)NCC(c1cccs1)N1CCC(C)CC1.I. The molecule has 0 spiro atoms. The number of thiophene rings is 1. The Hall–Kier alpha value is -0.380. The Morgan fingerprint density at radius 3 is 2.68 bits per heavy atom. The highest BCUT2D eigenvalue weighted by Gasteiger charge is 2.25. The third-order valence-corrected chi connectivity index (χ3v) is 7.07. The van der Waals surface area contributed by atoms with Gasteiger partial charge >= 0.3 is 0 Å². The van der Waals surface area contributed by atoms with Crippen LogP contribution in [0.5, 0.6) is 0 Å². The minimum atomic E-state index is 0. The molecule has 28 heavy (non-hydrogen) atoms. The Morgan fingerprint density at radius 1 is 1.25 bits per heavy atom. The monoisotopic (exact) mass is 519 g/mol. The molecule has 2 atom stereocenters. The number of likely N-dealkylation sites (tertiary alicyclic amines) is 2. The molecule has 1 aromatic heterocycles. The van der Waals surface area contributed by atoms with Gasteiger partial charge in [-0.05, 0) is 75.6 Å². The normalized spacial score (nSPS) is 23.8. The van der Waals surface area contributed by atoms with Crippen molar-refractivity contribution in [1.29, 1.82) is 0 Å². The molecule has 0 saturated carbocycles. The summed E-state index contributed by atoms with van der Waals surface area (Å²) in [4.78, 5) is 11.0. The van der Waals surface area contributed by atoms with E-state index in [0.29, 0.717) is 6.04 Å². The second kappa shape index (κ2) is 12.3. The molecule has 2 aliphatic heterocycles. The van der Waals surface area contributed by atoms with Crippen molar-refractivity contribution in [2.45, 2.75) is 38.6 Å². The first-order chi connectivity index (χ1) is 13.2. The zero-order valence-electron chi connectivity index (χ0n) is 17.7. The van der Waals surface area contributed by atoms with Gasteiger partial charge in [0.2, 0.25) is 0 Å². The zero-order chi connectivity index (χ0) is 19.1. The number of nitrogens with one attached hydrogen (secondary N) is 2. The van der Waals surface area contributed by atoms with Crippen LogP contribution in [0.1, 0.15) is 43.5 Å². The Bertz CT molecular complexity index is 571. The lowest BCUT2D eigenvalue weighted by Crippen LogP contribution is -2.47. The summed E-state index contributed by atoms with van der Waals surface area (Å²) in [6, 6.07) is 4.90. The van der Waals surface area contributed by atoms with Crippen LogP contribution < -0.4 is 10.6 Å². The van der Waals surface area contributed by atoms with Crippen molar-refractivity contribution in [2.24, 2.45) is 16.8 Å². The highest BCUT2D eigenvalue weighted by molar-refractivity contribution is 14.0. The van der Waals surface area contributed by atoms with E-state index in [4.69, 9.17) is 0 Å². The van der Waals surface area contributed by atoms with Gasteiger partial charge in [-0.1, -0.05) is 13.0 Å². The molecular formula is C21H38IN5S. The first kappa shape index (κ1) is 23.9. The first-order valence-corrected chi connectivity index (χ1v) is 11.4. The molecule has 7 heteroatoms. The van der Waals surface area contributed by atoms with Crippen LogP contribution in [-0.4, -0.2) is 69.1 Å². The molecule has 2 N–H and O–H groups in total. The van der Waals surface area contributed by atoms with Crippen molar-refractivity contribution in [3.63, 3.8) is 0 Å². The van der Waals surface area contributed by atoms with Crippen LogP contribution in [0.15, 0.2) is 22.5 Å². The highest BCUT2D eigenvalue weighted by Crippen LogP contribution is 2.29. The van der Waals surface area contributed by atoms with Gasteiger partial charge in [-0.2, -0.15) is 0 Å². The van der Waals surface area contributed by atoms with Gasteiger partial charge in [-0.15, -0.1) is 35.3 Å². The van der Waals surface area contributed by atoms with Crippen molar-refractivity contribution >= 4 is 41.3 Å². The number of hydrogen-bond donors (Lipinski definition) is 2. The number of aliphatic imine (C=N–C) groups is 1. The van der Waals surface area contributed by atoms with Gasteiger partial charge < -0.3 is 15.5 Å². The maximum absolute atomic E-state index is 4.47. The summed E-state index contributed by atoms with van der Waals surface area (Å²) in [7, 11) is 4.11. The van der Waals surface area contributed by atoms with Crippen molar-refractivity contribution in [1.82, 2.24) is 20.4 Å². The number of hydrogen-bond acceptors (Lipinski definition) is 4. The largest absolute Gasteiger partial charge is 0.356 e.